The summed E-state index contributed by atoms with van der Waals surface area (Å²) in [7, 11) is 0. The predicted molar refractivity (Wildman–Crippen MR) is 117 cm³/mol. The molecule has 0 spiro atoms. The first-order valence-corrected chi connectivity index (χ1v) is 11.0. The van der Waals surface area contributed by atoms with Crippen molar-refractivity contribution in [2.75, 3.05) is 0 Å². The molecule has 7 heteroatoms. The molecular formula is C23H22N4O2S. The zero-order chi connectivity index (χ0) is 20.5. The molecule has 30 heavy (non-hydrogen) atoms. The Morgan fingerprint density at radius 1 is 1.20 bits per heavy atom. The lowest BCUT2D eigenvalue weighted by Crippen LogP contribution is -2.35. The number of hydrogen-bond acceptors (Lipinski definition) is 5. The number of aromatic nitrogens is 3. The molecule has 152 valence electrons. The van der Waals surface area contributed by atoms with Gasteiger partial charge in [-0.15, -0.1) is 10.2 Å². The molecule has 0 bridgehead atoms. The minimum absolute atomic E-state index is 0.0199. The lowest BCUT2D eigenvalue weighted by Gasteiger charge is -2.27. The molecule has 0 aliphatic heterocycles. The Morgan fingerprint density at radius 3 is 2.97 bits per heavy atom. The molecule has 5 rings (SSSR count). The Morgan fingerprint density at radius 2 is 2.03 bits per heavy atom. The number of fused-ring (bicyclic) bond motifs is 2. The standard InChI is InChI=1S/C23H22N4O2S/c1-14(21(28)25-20-12-6-8-15-7-2-3-9-16(15)20)30-23-27-26-22(29-23)18-13-24-19-11-5-4-10-17(18)19/h2-5,7,9-11,13-14,20,24H,6,8,12H2,1H3,(H,25,28)/t14-,20-/m0/s1. The van der Waals surface area contributed by atoms with Gasteiger partial charge in [-0.3, -0.25) is 4.79 Å². The summed E-state index contributed by atoms with van der Waals surface area (Å²) in [6, 6.07) is 16.4. The molecule has 1 amide bonds. The van der Waals surface area contributed by atoms with Crippen LogP contribution in [0.2, 0.25) is 0 Å². The van der Waals surface area contributed by atoms with Gasteiger partial charge in [0.15, 0.2) is 0 Å². The van der Waals surface area contributed by atoms with Gasteiger partial charge in [0.1, 0.15) is 0 Å². The second-order valence-electron chi connectivity index (χ2n) is 7.53. The highest BCUT2D eigenvalue weighted by atomic mass is 32.2. The van der Waals surface area contributed by atoms with Crippen LogP contribution >= 0.6 is 11.8 Å². The van der Waals surface area contributed by atoms with E-state index in [0.29, 0.717) is 11.1 Å². The minimum Gasteiger partial charge on any atom is -0.411 e. The molecule has 0 saturated carbocycles. The number of hydrogen-bond donors (Lipinski definition) is 2. The Balaban J connectivity index is 1.27. The number of carbonyl (C=O) groups is 1. The number of H-pyrrole nitrogens is 1. The van der Waals surface area contributed by atoms with Gasteiger partial charge in [0.2, 0.25) is 5.91 Å². The number of para-hydroxylation sites is 1. The number of carbonyl (C=O) groups excluding carboxylic acids is 1. The van der Waals surface area contributed by atoms with Crippen molar-refractivity contribution in [3.63, 3.8) is 0 Å². The van der Waals surface area contributed by atoms with Crippen LogP contribution in [0.1, 0.15) is 36.9 Å². The van der Waals surface area contributed by atoms with Gasteiger partial charge >= 0.3 is 0 Å². The molecule has 1 aliphatic rings. The lowest BCUT2D eigenvalue weighted by molar-refractivity contribution is -0.121. The molecule has 0 unspecified atom stereocenters. The Hall–Kier alpha value is -3.06. The third-order valence-corrected chi connectivity index (χ3v) is 6.49. The molecule has 0 radical (unpaired) electrons. The van der Waals surface area contributed by atoms with Crippen molar-refractivity contribution in [3.8, 4) is 11.5 Å². The van der Waals surface area contributed by atoms with Crippen LogP contribution in [0.4, 0.5) is 0 Å². The minimum atomic E-state index is -0.338. The van der Waals surface area contributed by atoms with Crippen molar-refractivity contribution in [2.45, 2.75) is 42.7 Å². The van der Waals surface area contributed by atoms with Gasteiger partial charge in [-0.1, -0.05) is 54.2 Å². The van der Waals surface area contributed by atoms with Gasteiger partial charge in [-0.2, -0.15) is 0 Å². The van der Waals surface area contributed by atoms with Crippen molar-refractivity contribution < 1.29 is 9.21 Å². The third-order valence-electron chi connectivity index (χ3n) is 5.56. The van der Waals surface area contributed by atoms with E-state index in [0.717, 1.165) is 35.7 Å². The molecule has 6 nitrogen and oxygen atoms in total. The number of amides is 1. The SMILES string of the molecule is C[C@H](Sc1nnc(-c2c[nH]c3ccccc23)o1)C(=O)N[C@H]1CCCc2ccccc21. The van der Waals surface area contributed by atoms with Crippen LogP contribution < -0.4 is 5.32 Å². The van der Waals surface area contributed by atoms with Crippen LogP contribution in [0.15, 0.2) is 64.4 Å². The van der Waals surface area contributed by atoms with Crippen LogP contribution in [0.5, 0.6) is 0 Å². The summed E-state index contributed by atoms with van der Waals surface area (Å²) in [5, 5.41) is 12.6. The van der Waals surface area contributed by atoms with E-state index in [1.54, 1.807) is 0 Å². The zero-order valence-electron chi connectivity index (χ0n) is 16.6. The molecule has 0 fully saturated rings. The number of benzene rings is 2. The van der Waals surface area contributed by atoms with Crippen molar-refractivity contribution in [1.29, 1.82) is 0 Å². The number of rotatable bonds is 5. The summed E-state index contributed by atoms with van der Waals surface area (Å²) < 4.78 is 5.84. The molecular weight excluding hydrogens is 396 g/mol. The van der Waals surface area contributed by atoms with Gasteiger partial charge in [0.25, 0.3) is 11.1 Å². The first kappa shape index (κ1) is 18.9. The summed E-state index contributed by atoms with van der Waals surface area (Å²) in [5.41, 5.74) is 4.43. The van der Waals surface area contributed by atoms with Gasteiger partial charge in [-0.25, -0.2) is 0 Å². The molecule has 2 aromatic heterocycles. The number of thioether (sulfide) groups is 1. The monoisotopic (exact) mass is 418 g/mol. The third kappa shape index (κ3) is 3.61. The topological polar surface area (TPSA) is 83.8 Å². The van der Waals surface area contributed by atoms with E-state index in [2.05, 4.69) is 38.7 Å². The highest BCUT2D eigenvalue weighted by Crippen LogP contribution is 2.32. The van der Waals surface area contributed by atoms with Gasteiger partial charge < -0.3 is 14.7 Å². The molecule has 2 N–H and O–H groups in total. The van der Waals surface area contributed by atoms with Gasteiger partial charge in [0, 0.05) is 17.1 Å². The van der Waals surface area contributed by atoms with E-state index in [9.17, 15) is 4.79 Å². The lowest BCUT2D eigenvalue weighted by atomic mass is 9.88. The predicted octanol–water partition coefficient (Wildman–Crippen LogP) is 4.89. The van der Waals surface area contributed by atoms with E-state index in [1.165, 1.54) is 22.9 Å². The van der Waals surface area contributed by atoms with Crippen LogP contribution in [0.25, 0.3) is 22.4 Å². The average molecular weight is 419 g/mol. The fourth-order valence-corrected chi connectivity index (χ4v) is 4.70. The first-order chi connectivity index (χ1) is 14.7. The second-order valence-corrected chi connectivity index (χ2v) is 8.83. The average Bonchev–Trinajstić information content (AvgIpc) is 3.40. The number of nitrogens with zero attached hydrogens (tertiary/aromatic N) is 2. The molecule has 2 heterocycles. The fourth-order valence-electron chi connectivity index (χ4n) is 4.01. The second kappa shape index (κ2) is 7.99. The largest absolute Gasteiger partial charge is 0.411 e. The van der Waals surface area contributed by atoms with Crippen molar-refractivity contribution in [3.05, 3.63) is 65.9 Å². The summed E-state index contributed by atoms with van der Waals surface area (Å²) in [4.78, 5) is 16.0. The summed E-state index contributed by atoms with van der Waals surface area (Å²) >= 11 is 1.28. The van der Waals surface area contributed by atoms with Crippen molar-refractivity contribution in [2.24, 2.45) is 0 Å². The van der Waals surface area contributed by atoms with Crippen LogP contribution in [0.3, 0.4) is 0 Å². The number of aryl methyl sites for hydroxylation is 1. The maximum absolute atomic E-state index is 12.8. The summed E-state index contributed by atoms with van der Waals surface area (Å²) in [6.07, 6.45) is 4.99. The number of aromatic amines is 1. The van der Waals surface area contributed by atoms with E-state index in [-0.39, 0.29) is 17.2 Å². The molecule has 4 aromatic rings. The maximum atomic E-state index is 12.8. The summed E-state index contributed by atoms with van der Waals surface area (Å²) in [5.74, 6) is 0.428. The Labute approximate surface area is 178 Å². The highest BCUT2D eigenvalue weighted by Gasteiger charge is 2.25. The fraction of sp³-hybridized carbons (Fsp3) is 0.261. The van der Waals surface area contributed by atoms with Crippen molar-refractivity contribution >= 4 is 28.6 Å². The van der Waals surface area contributed by atoms with Crippen LogP contribution in [-0.4, -0.2) is 26.3 Å². The normalized spacial score (nSPS) is 16.9. The first-order valence-electron chi connectivity index (χ1n) is 10.1. The van der Waals surface area contributed by atoms with E-state index in [1.807, 2.05) is 43.5 Å². The quantitative estimate of drug-likeness (QED) is 0.451. The molecule has 1 aliphatic carbocycles. The van der Waals surface area contributed by atoms with Crippen LogP contribution in [0, 0.1) is 0 Å². The Kier molecular flexibility index (Phi) is 5.04. The smallest absolute Gasteiger partial charge is 0.277 e. The van der Waals surface area contributed by atoms with E-state index >= 15 is 0 Å². The Bertz CT molecular complexity index is 1200. The molecule has 2 aromatic carbocycles. The number of nitrogens with one attached hydrogen (secondary N) is 2. The van der Waals surface area contributed by atoms with Crippen molar-refractivity contribution in [1.82, 2.24) is 20.5 Å². The van der Waals surface area contributed by atoms with E-state index in [4.69, 9.17) is 4.42 Å². The van der Waals surface area contributed by atoms with E-state index < -0.39 is 0 Å². The maximum Gasteiger partial charge on any atom is 0.277 e. The zero-order valence-corrected chi connectivity index (χ0v) is 17.4. The van der Waals surface area contributed by atoms with Gasteiger partial charge in [0.05, 0.1) is 16.9 Å². The molecule has 0 saturated heterocycles. The summed E-state index contributed by atoms with van der Waals surface area (Å²) in [6.45, 7) is 1.87. The van der Waals surface area contributed by atoms with Gasteiger partial charge in [-0.05, 0) is 43.4 Å². The van der Waals surface area contributed by atoms with Crippen LogP contribution in [-0.2, 0) is 11.2 Å². The highest BCUT2D eigenvalue weighted by molar-refractivity contribution is 8.00. The molecule has 2 atom stereocenters.